The van der Waals surface area contributed by atoms with Crippen LogP contribution in [0.25, 0.3) is 6.08 Å². The van der Waals surface area contributed by atoms with Gasteiger partial charge in [0.15, 0.2) is 0 Å². The minimum absolute atomic E-state index is 0.209. The van der Waals surface area contributed by atoms with Crippen LogP contribution in [0.1, 0.15) is 22.8 Å². The van der Waals surface area contributed by atoms with Crippen LogP contribution in [-0.4, -0.2) is 33.9 Å². The van der Waals surface area contributed by atoms with E-state index in [0.29, 0.717) is 5.56 Å². The largest absolute Gasteiger partial charge is 0.478 e. The first-order valence-electron chi connectivity index (χ1n) is 5.37. The van der Waals surface area contributed by atoms with Gasteiger partial charge in [0.05, 0.1) is 0 Å². The maximum atomic E-state index is 11.9. The molecule has 0 aliphatic carbocycles. The number of aliphatic carboxylic acids is 1. The van der Waals surface area contributed by atoms with Crippen molar-refractivity contribution in [2.75, 3.05) is 0 Å². The number of nitrogens with zero attached hydrogens (tertiary/aromatic N) is 1. The number of hydrogen-bond donors (Lipinski definition) is 3. The van der Waals surface area contributed by atoms with E-state index < -0.39 is 23.8 Å². The van der Waals surface area contributed by atoms with Gasteiger partial charge in [0.2, 0.25) is 5.91 Å². The van der Waals surface area contributed by atoms with Crippen molar-refractivity contribution in [1.82, 2.24) is 10.3 Å². The topological polar surface area (TPSA) is 122 Å². The number of primary amides is 1. The monoisotopic (exact) mass is 263 g/mol. The standard InChI is InChI=1S/C12H13N3O4/c1-7(11(13)18)15-12(19)9-4-5-14-6-8(9)2-3-10(16)17/h2-7H,1H3,(H2,13,18)(H,15,19)(H,16,17). The average Bonchev–Trinajstić information content (AvgIpc) is 2.36. The fourth-order valence-corrected chi connectivity index (χ4v) is 1.25. The second kappa shape index (κ2) is 6.29. The first-order chi connectivity index (χ1) is 8.91. The van der Waals surface area contributed by atoms with Gasteiger partial charge in [0.1, 0.15) is 6.04 Å². The summed E-state index contributed by atoms with van der Waals surface area (Å²) in [5.41, 5.74) is 5.58. The van der Waals surface area contributed by atoms with Gasteiger partial charge in [-0.15, -0.1) is 0 Å². The SMILES string of the molecule is CC(NC(=O)c1ccncc1C=CC(=O)O)C(N)=O. The van der Waals surface area contributed by atoms with Crippen molar-refractivity contribution in [2.45, 2.75) is 13.0 Å². The average molecular weight is 263 g/mol. The molecule has 1 rings (SSSR count). The summed E-state index contributed by atoms with van der Waals surface area (Å²) in [6.45, 7) is 1.45. The third-order valence-corrected chi connectivity index (χ3v) is 2.28. The molecule has 2 amide bonds. The number of amides is 2. The van der Waals surface area contributed by atoms with Gasteiger partial charge < -0.3 is 16.2 Å². The van der Waals surface area contributed by atoms with Crippen molar-refractivity contribution in [3.05, 3.63) is 35.7 Å². The summed E-state index contributed by atoms with van der Waals surface area (Å²) < 4.78 is 0. The van der Waals surface area contributed by atoms with Crippen LogP contribution < -0.4 is 11.1 Å². The number of nitrogens with two attached hydrogens (primary N) is 1. The van der Waals surface area contributed by atoms with Crippen LogP contribution >= 0.6 is 0 Å². The second-order valence-electron chi connectivity index (χ2n) is 3.73. The zero-order valence-electron chi connectivity index (χ0n) is 10.2. The number of nitrogens with one attached hydrogen (secondary N) is 1. The van der Waals surface area contributed by atoms with Crippen LogP contribution in [0, 0.1) is 0 Å². The maximum absolute atomic E-state index is 11.9. The number of pyridine rings is 1. The van der Waals surface area contributed by atoms with E-state index in [-0.39, 0.29) is 5.56 Å². The molecule has 1 aromatic heterocycles. The van der Waals surface area contributed by atoms with Crippen molar-refractivity contribution in [1.29, 1.82) is 0 Å². The molecule has 0 fully saturated rings. The lowest BCUT2D eigenvalue weighted by molar-refractivity contribution is -0.131. The molecule has 0 saturated heterocycles. The number of hydrogen-bond acceptors (Lipinski definition) is 4. The Hall–Kier alpha value is -2.70. The van der Waals surface area contributed by atoms with Crippen LogP contribution in [0.4, 0.5) is 0 Å². The van der Waals surface area contributed by atoms with Gasteiger partial charge in [-0.1, -0.05) is 0 Å². The van der Waals surface area contributed by atoms with E-state index in [4.69, 9.17) is 10.8 Å². The fourth-order valence-electron chi connectivity index (χ4n) is 1.25. The van der Waals surface area contributed by atoms with Crippen molar-refractivity contribution < 1.29 is 19.5 Å². The Morgan fingerprint density at radius 2 is 2.16 bits per heavy atom. The van der Waals surface area contributed by atoms with Crippen molar-refractivity contribution in [2.24, 2.45) is 5.73 Å². The molecule has 0 spiro atoms. The van der Waals surface area contributed by atoms with Gasteiger partial charge in [0.25, 0.3) is 5.91 Å². The summed E-state index contributed by atoms with van der Waals surface area (Å²) in [6, 6.07) is 0.599. The van der Waals surface area contributed by atoms with Crippen LogP contribution in [0.5, 0.6) is 0 Å². The van der Waals surface area contributed by atoms with E-state index in [0.717, 1.165) is 6.08 Å². The highest BCUT2D eigenvalue weighted by atomic mass is 16.4. The van der Waals surface area contributed by atoms with E-state index >= 15 is 0 Å². The quantitative estimate of drug-likeness (QED) is 0.634. The van der Waals surface area contributed by atoms with Crippen LogP contribution in [0.2, 0.25) is 0 Å². The minimum atomic E-state index is -1.14. The number of carboxylic acid groups (broad SMARTS) is 1. The van der Waals surface area contributed by atoms with Gasteiger partial charge in [-0.3, -0.25) is 14.6 Å². The lowest BCUT2D eigenvalue weighted by Crippen LogP contribution is -2.42. The summed E-state index contributed by atoms with van der Waals surface area (Å²) in [4.78, 5) is 37.0. The molecule has 0 aromatic carbocycles. The summed E-state index contributed by atoms with van der Waals surface area (Å²) in [5, 5.41) is 11.0. The van der Waals surface area contributed by atoms with Crippen molar-refractivity contribution >= 4 is 23.9 Å². The van der Waals surface area contributed by atoms with E-state index in [1.807, 2.05) is 0 Å². The Morgan fingerprint density at radius 1 is 1.47 bits per heavy atom. The molecule has 1 atom stereocenters. The second-order valence-corrected chi connectivity index (χ2v) is 3.73. The molecule has 0 saturated carbocycles. The molecule has 0 aliphatic rings. The smallest absolute Gasteiger partial charge is 0.328 e. The highest BCUT2D eigenvalue weighted by Crippen LogP contribution is 2.09. The predicted octanol–water partition coefficient (Wildman–Crippen LogP) is -0.217. The van der Waals surface area contributed by atoms with Crippen molar-refractivity contribution in [3.8, 4) is 0 Å². The summed E-state index contributed by atoms with van der Waals surface area (Å²) >= 11 is 0. The lowest BCUT2D eigenvalue weighted by Gasteiger charge is -2.11. The van der Waals surface area contributed by atoms with E-state index in [2.05, 4.69) is 10.3 Å². The molecule has 0 aliphatic heterocycles. The lowest BCUT2D eigenvalue weighted by atomic mass is 10.1. The number of carbonyl (C=O) groups is 3. The molecule has 7 nitrogen and oxygen atoms in total. The molecule has 4 N–H and O–H groups in total. The van der Waals surface area contributed by atoms with Crippen LogP contribution in [0.3, 0.4) is 0 Å². The third kappa shape index (κ3) is 4.23. The van der Waals surface area contributed by atoms with Crippen molar-refractivity contribution in [3.63, 3.8) is 0 Å². The number of aromatic nitrogens is 1. The molecule has 1 unspecified atom stereocenters. The van der Waals surface area contributed by atoms with E-state index in [9.17, 15) is 14.4 Å². The molecule has 1 aromatic rings. The minimum Gasteiger partial charge on any atom is -0.478 e. The Morgan fingerprint density at radius 3 is 2.74 bits per heavy atom. The predicted molar refractivity (Wildman–Crippen MR) is 67.0 cm³/mol. The molecule has 0 radical (unpaired) electrons. The fraction of sp³-hybridized carbons (Fsp3) is 0.167. The number of carboxylic acids is 1. The van der Waals surface area contributed by atoms with Gasteiger partial charge in [-0.2, -0.15) is 0 Å². The van der Waals surface area contributed by atoms with E-state index in [1.54, 1.807) is 0 Å². The Labute approximate surface area is 109 Å². The Kier molecular flexibility index (Phi) is 4.76. The zero-order chi connectivity index (χ0) is 14.4. The van der Waals surface area contributed by atoms with E-state index in [1.165, 1.54) is 31.5 Å². The highest BCUT2D eigenvalue weighted by Gasteiger charge is 2.15. The molecule has 0 bridgehead atoms. The van der Waals surface area contributed by atoms with Gasteiger partial charge in [-0.25, -0.2) is 4.79 Å². The zero-order valence-corrected chi connectivity index (χ0v) is 10.2. The normalized spacial score (nSPS) is 12.1. The number of carbonyl (C=O) groups excluding carboxylic acids is 2. The summed E-state index contributed by atoms with van der Waals surface area (Å²) in [5.74, 6) is -2.33. The third-order valence-electron chi connectivity index (χ3n) is 2.28. The van der Waals surface area contributed by atoms with Crippen LogP contribution in [-0.2, 0) is 9.59 Å². The maximum Gasteiger partial charge on any atom is 0.328 e. The Balaban J connectivity index is 2.97. The molecule has 1 heterocycles. The molecular weight excluding hydrogens is 250 g/mol. The van der Waals surface area contributed by atoms with Gasteiger partial charge in [0, 0.05) is 29.6 Å². The first-order valence-corrected chi connectivity index (χ1v) is 5.37. The first kappa shape index (κ1) is 14.4. The molecule has 19 heavy (non-hydrogen) atoms. The summed E-state index contributed by atoms with van der Waals surface area (Å²) in [6.07, 6.45) is 4.88. The molecular formula is C12H13N3O4. The number of rotatable bonds is 5. The highest BCUT2D eigenvalue weighted by molar-refractivity contribution is 6.00. The Bertz CT molecular complexity index is 540. The van der Waals surface area contributed by atoms with Gasteiger partial charge in [-0.05, 0) is 19.1 Å². The summed E-state index contributed by atoms with van der Waals surface area (Å²) in [7, 11) is 0. The van der Waals surface area contributed by atoms with Gasteiger partial charge >= 0.3 is 5.97 Å². The molecule has 7 heteroatoms. The van der Waals surface area contributed by atoms with Crippen LogP contribution in [0.15, 0.2) is 24.5 Å². The molecule has 100 valence electrons.